The van der Waals surface area contributed by atoms with E-state index in [1.165, 1.54) is 0 Å². The molecule has 0 saturated heterocycles. The molecule has 14 heavy (non-hydrogen) atoms. The molecule has 2 N–H and O–H groups in total. The van der Waals surface area contributed by atoms with Crippen LogP contribution >= 0.6 is 0 Å². The van der Waals surface area contributed by atoms with Gasteiger partial charge in [-0.1, -0.05) is 6.92 Å². The summed E-state index contributed by atoms with van der Waals surface area (Å²) in [5, 5.41) is 5.91. The van der Waals surface area contributed by atoms with Gasteiger partial charge in [0.15, 0.2) is 0 Å². The molecule has 0 rings (SSSR count). The third-order valence-corrected chi connectivity index (χ3v) is 1.92. The zero-order chi connectivity index (χ0) is 11.2. The van der Waals surface area contributed by atoms with Crippen molar-refractivity contribution in [3.05, 3.63) is 0 Å². The van der Waals surface area contributed by atoms with Gasteiger partial charge in [0.1, 0.15) is 0 Å². The van der Waals surface area contributed by atoms with E-state index in [1.807, 2.05) is 27.8 Å². The predicted molar refractivity (Wildman–Crippen MR) is 57.2 cm³/mol. The van der Waals surface area contributed by atoms with Crippen LogP contribution in [-0.4, -0.2) is 38.8 Å². The average Bonchev–Trinajstić information content (AvgIpc) is 2.03. The second-order valence-corrected chi connectivity index (χ2v) is 4.26. The number of ether oxygens (including phenoxy) is 1. The molecule has 0 aromatic heterocycles. The number of carbonyl (C=O) groups is 1. The molecule has 0 saturated carbocycles. The minimum Gasteiger partial charge on any atom is -0.382 e. The SMILES string of the molecule is CNCC(C)C(=O)NC(C)(C)COC. The van der Waals surface area contributed by atoms with Crippen LogP contribution in [0.2, 0.25) is 0 Å². The van der Waals surface area contributed by atoms with Gasteiger partial charge in [-0.2, -0.15) is 0 Å². The molecule has 4 heteroatoms. The number of carbonyl (C=O) groups excluding carboxylic acids is 1. The lowest BCUT2D eigenvalue weighted by Crippen LogP contribution is -2.49. The molecule has 0 aliphatic rings. The Balaban J connectivity index is 4.03. The minimum absolute atomic E-state index is 0.0175. The second kappa shape index (κ2) is 5.98. The Bertz CT molecular complexity index is 181. The van der Waals surface area contributed by atoms with Gasteiger partial charge in [0.2, 0.25) is 5.91 Å². The third-order valence-electron chi connectivity index (χ3n) is 1.92. The molecule has 4 nitrogen and oxygen atoms in total. The van der Waals surface area contributed by atoms with E-state index in [-0.39, 0.29) is 17.4 Å². The van der Waals surface area contributed by atoms with Crippen molar-refractivity contribution in [3.8, 4) is 0 Å². The first-order valence-electron chi connectivity index (χ1n) is 4.88. The number of methoxy groups -OCH3 is 1. The Morgan fingerprint density at radius 1 is 1.50 bits per heavy atom. The monoisotopic (exact) mass is 202 g/mol. The third kappa shape index (κ3) is 5.19. The summed E-state index contributed by atoms with van der Waals surface area (Å²) in [6.45, 7) is 7.00. The highest BCUT2D eigenvalue weighted by Crippen LogP contribution is 2.04. The maximum absolute atomic E-state index is 11.6. The predicted octanol–water partition coefficient (Wildman–Crippen LogP) is 0.383. The lowest BCUT2D eigenvalue weighted by molar-refractivity contribution is -0.126. The van der Waals surface area contributed by atoms with E-state index in [0.29, 0.717) is 13.2 Å². The Morgan fingerprint density at radius 3 is 2.50 bits per heavy atom. The molecule has 0 heterocycles. The second-order valence-electron chi connectivity index (χ2n) is 4.26. The van der Waals surface area contributed by atoms with Gasteiger partial charge in [-0.3, -0.25) is 4.79 Å². The van der Waals surface area contributed by atoms with Crippen molar-refractivity contribution < 1.29 is 9.53 Å². The number of amides is 1. The molecule has 0 spiro atoms. The average molecular weight is 202 g/mol. The topological polar surface area (TPSA) is 50.4 Å². The fourth-order valence-corrected chi connectivity index (χ4v) is 1.25. The van der Waals surface area contributed by atoms with Gasteiger partial charge >= 0.3 is 0 Å². The van der Waals surface area contributed by atoms with Crippen molar-refractivity contribution in [2.45, 2.75) is 26.3 Å². The number of hydrogen-bond donors (Lipinski definition) is 2. The molecule has 0 aliphatic carbocycles. The van der Waals surface area contributed by atoms with Crippen LogP contribution in [0.25, 0.3) is 0 Å². The summed E-state index contributed by atoms with van der Waals surface area (Å²) in [6, 6.07) is 0. The van der Waals surface area contributed by atoms with E-state index in [9.17, 15) is 4.79 Å². The highest BCUT2D eigenvalue weighted by Gasteiger charge is 2.22. The zero-order valence-corrected chi connectivity index (χ0v) is 9.81. The van der Waals surface area contributed by atoms with Gasteiger partial charge in [0, 0.05) is 19.6 Å². The van der Waals surface area contributed by atoms with E-state index < -0.39 is 0 Å². The van der Waals surface area contributed by atoms with Gasteiger partial charge in [-0.15, -0.1) is 0 Å². The summed E-state index contributed by atoms with van der Waals surface area (Å²) < 4.78 is 5.02. The van der Waals surface area contributed by atoms with Crippen LogP contribution in [0, 0.1) is 5.92 Å². The lowest BCUT2D eigenvalue weighted by Gasteiger charge is -2.27. The molecule has 1 unspecified atom stereocenters. The molecular weight excluding hydrogens is 180 g/mol. The van der Waals surface area contributed by atoms with Crippen LogP contribution in [-0.2, 0) is 9.53 Å². The van der Waals surface area contributed by atoms with Gasteiger partial charge in [0.05, 0.1) is 12.1 Å². The van der Waals surface area contributed by atoms with Crippen LogP contribution in [0.4, 0.5) is 0 Å². The van der Waals surface area contributed by atoms with Gasteiger partial charge in [0.25, 0.3) is 0 Å². The Hall–Kier alpha value is -0.610. The Kier molecular flexibility index (Phi) is 5.72. The smallest absolute Gasteiger partial charge is 0.224 e. The van der Waals surface area contributed by atoms with Gasteiger partial charge in [-0.05, 0) is 20.9 Å². The summed E-state index contributed by atoms with van der Waals surface area (Å²) >= 11 is 0. The van der Waals surface area contributed by atoms with Gasteiger partial charge in [-0.25, -0.2) is 0 Å². The van der Waals surface area contributed by atoms with Crippen LogP contribution < -0.4 is 10.6 Å². The van der Waals surface area contributed by atoms with Crippen molar-refractivity contribution in [3.63, 3.8) is 0 Å². The summed E-state index contributed by atoms with van der Waals surface area (Å²) in [7, 11) is 3.47. The highest BCUT2D eigenvalue weighted by molar-refractivity contribution is 5.79. The van der Waals surface area contributed by atoms with Crippen LogP contribution in [0.3, 0.4) is 0 Å². The van der Waals surface area contributed by atoms with Gasteiger partial charge < -0.3 is 15.4 Å². The zero-order valence-electron chi connectivity index (χ0n) is 9.81. The first-order chi connectivity index (χ1) is 6.43. The van der Waals surface area contributed by atoms with Crippen molar-refractivity contribution >= 4 is 5.91 Å². The van der Waals surface area contributed by atoms with Crippen molar-refractivity contribution in [2.24, 2.45) is 5.92 Å². The first-order valence-corrected chi connectivity index (χ1v) is 4.88. The first kappa shape index (κ1) is 13.4. The Labute approximate surface area is 86.4 Å². The normalized spacial score (nSPS) is 13.8. The van der Waals surface area contributed by atoms with E-state index in [4.69, 9.17) is 4.74 Å². The van der Waals surface area contributed by atoms with E-state index in [0.717, 1.165) is 0 Å². The van der Waals surface area contributed by atoms with E-state index in [2.05, 4.69) is 10.6 Å². The van der Waals surface area contributed by atoms with Crippen LogP contribution in [0.15, 0.2) is 0 Å². The number of nitrogens with one attached hydrogen (secondary N) is 2. The molecule has 1 atom stereocenters. The molecule has 0 aromatic carbocycles. The number of hydrogen-bond acceptors (Lipinski definition) is 3. The van der Waals surface area contributed by atoms with Crippen molar-refractivity contribution in [2.75, 3.05) is 27.3 Å². The minimum atomic E-state index is -0.298. The summed E-state index contributed by atoms with van der Waals surface area (Å²) in [4.78, 5) is 11.6. The van der Waals surface area contributed by atoms with Crippen LogP contribution in [0.5, 0.6) is 0 Å². The van der Waals surface area contributed by atoms with E-state index in [1.54, 1.807) is 7.11 Å². The standard InChI is InChI=1S/C10H22N2O2/c1-8(6-11-4)9(13)12-10(2,3)7-14-5/h8,11H,6-7H2,1-5H3,(H,12,13). The summed E-state index contributed by atoms with van der Waals surface area (Å²) in [5.41, 5.74) is -0.298. The molecule has 0 bridgehead atoms. The molecule has 0 aromatic rings. The molecule has 1 amide bonds. The molecule has 0 aliphatic heterocycles. The number of rotatable bonds is 6. The Morgan fingerprint density at radius 2 is 2.07 bits per heavy atom. The largest absolute Gasteiger partial charge is 0.382 e. The summed E-state index contributed by atoms with van der Waals surface area (Å²) in [6.07, 6.45) is 0. The lowest BCUT2D eigenvalue weighted by atomic mass is 10.0. The molecule has 84 valence electrons. The maximum atomic E-state index is 11.6. The highest BCUT2D eigenvalue weighted by atomic mass is 16.5. The van der Waals surface area contributed by atoms with Crippen molar-refractivity contribution in [1.82, 2.24) is 10.6 Å². The fraction of sp³-hybridized carbons (Fsp3) is 0.900. The quantitative estimate of drug-likeness (QED) is 0.655. The van der Waals surface area contributed by atoms with Crippen LogP contribution in [0.1, 0.15) is 20.8 Å². The summed E-state index contributed by atoms with van der Waals surface area (Å²) in [5.74, 6) is 0.0394. The molecular formula is C10H22N2O2. The fourth-order valence-electron chi connectivity index (χ4n) is 1.25. The molecule has 0 fully saturated rings. The maximum Gasteiger partial charge on any atom is 0.224 e. The van der Waals surface area contributed by atoms with Crippen molar-refractivity contribution in [1.29, 1.82) is 0 Å². The molecule has 0 radical (unpaired) electrons. The van der Waals surface area contributed by atoms with E-state index >= 15 is 0 Å².